The molecule has 3 aromatic rings. The maximum absolute atomic E-state index is 6.82. The lowest BCUT2D eigenvalue weighted by Gasteiger charge is -2.17. The first-order valence-corrected chi connectivity index (χ1v) is 8.19. The van der Waals surface area contributed by atoms with Gasteiger partial charge in [0.15, 0.2) is 0 Å². The van der Waals surface area contributed by atoms with Crippen LogP contribution in [0, 0.1) is 13.8 Å². The van der Waals surface area contributed by atoms with Crippen LogP contribution >= 0.6 is 27.5 Å². The summed E-state index contributed by atoms with van der Waals surface area (Å²) in [7, 11) is 0. The molecule has 0 saturated heterocycles. The molecule has 0 saturated carbocycles. The summed E-state index contributed by atoms with van der Waals surface area (Å²) in [5.74, 6) is 0. The number of rotatable bonds is 2. The number of halogens is 2. The third-order valence-corrected chi connectivity index (χ3v) is 5.24. The van der Waals surface area contributed by atoms with E-state index in [4.69, 9.17) is 11.6 Å². The van der Waals surface area contributed by atoms with Crippen LogP contribution in [-0.4, -0.2) is 0 Å². The van der Waals surface area contributed by atoms with E-state index < -0.39 is 0 Å². The zero-order chi connectivity index (χ0) is 15.0. The van der Waals surface area contributed by atoms with E-state index in [1.54, 1.807) is 0 Å². The summed E-state index contributed by atoms with van der Waals surface area (Å²) >= 11 is 10.4. The van der Waals surface area contributed by atoms with E-state index in [2.05, 4.69) is 84.4 Å². The Balaban J connectivity index is 2.17. The van der Waals surface area contributed by atoms with Crippen LogP contribution in [0.1, 0.15) is 27.6 Å². The van der Waals surface area contributed by atoms with Crippen LogP contribution in [0.2, 0.25) is 0 Å². The Morgan fingerprint density at radius 1 is 0.857 bits per heavy atom. The zero-order valence-corrected chi connectivity index (χ0v) is 14.4. The van der Waals surface area contributed by atoms with E-state index in [0.717, 1.165) is 4.47 Å². The smallest absolute Gasteiger partial charge is 0.0844 e. The molecule has 21 heavy (non-hydrogen) atoms. The average molecular weight is 360 g/mol. The van der Waals surface area contributed by atoms with Crippen LogP contribution in [-0.2, 0) is 0 Å². The third-order valence-electron chi connectivity index (χ3n) is 3.92. The van der Waals surface area contributed by atoms with Crippen molar-refractivity contribution in [2.24, 2.45) is 0 Å². The summed E-state index contributed by atoms with van der Waals surface area (Å²) in [6, 6.07) is 19.0. The van der Waals surface area contributed by atoms with Crippen LogP contribution in [0.5, 0.6) is 0 Å². The molecule has 1 atom stereocenters. The van der Waals surface area contributed by atoms with Gasteiger partial charge in [-0.3, -0.25) is 0 Å². The van der Waals surface area contributed by atoms with Crippen molar-refractivity contribution in [3.8, 4) is 0 Å². The van der Waals surface area contributed by atoms with E-state index in [1.165, 1.54) is 33.0 Å². The predicted molar refractivity (Wildman–Crippen MR) is 95.3 cm³/mol. The maximum atomic E-state index is 6.82. The van der Waals surface area contributed by atoms with Gasteiger partial charge in [-0.2, -0.15) is 0 Å². The van der Waals surface area contributed by atoms with Gasteiger partial charge in [0.1, 0.15) is 0 Å². The molecule has 0 nitrogen and oxygen atoms in total. The van der Waals surface area contributed by atoms with Crippen molar-refractivity contribution in [3.05, 3.63) is 81.3 Å². The second-order valence-corrected chi connectivity index (χ2v) is 6.68. The van der Waals surface area contributed by atoms with E-state index in [1.807, 2.05) is 0 Å². The molecule has 0 aliphatic heterocycles. The van der Waals surface area contributed by atoms with E-state index in [-0.39, 0.29) is 5.38 Å². The number of fused-ring (bicyclic) bond motifs is 1. The SMILES string of the molecule is Cc1cc(C(Cl)c2cccc3ccccc23)c(C)cc1Br. The van der Waals surface area contributed by atoms with Crippen LogP contribution in [0.15, 0.2) is 59.1 Å². The van der Waals surface area contributed by atoms with Crippen LogP contribution in [0.3, 0.4) is 0 Å². The molecule has 0 bridgehead atoms. The van der Waals surface area contributed by atoms with Crippen molar-refractivity contribution in [2.75, 3.05) is 0 Å². The first kappa shape index (κ1) is 14.6. The molecule has 0 aromatic heterocycles. The van der Waals surface area contributed by atoms with Gasteiger partial charge in [0, 0.05) is 4.47 Å². The highest BCUT2D eigenvalue weighted by molar-refractivity contribution is 9.10. The quantitative estimate of drug-likeness (QED) is 0.455. The van der Waals surface area contributed by atoms with E-state index >= 15 is 0 Å². The summed E-state index contributed by atoms with van der Waals surface area (Å²) in [4.78, 5) is 0. The van der Waals surface area contributed by atoms with Gasteiger partial charge in [-0.25, -0.2) is 0 Å². The monoisotopic (exact) mass is 358 g/mol. The molecule has 2 heteroatoms. The Kier molecular flexibility index (Phi) is 4.05. The lowest BCUT2D eigenvalue weighted by molar-refractivity contribution is 1.11. The maximum Gasteiger partial charge on any atom is 0.0844 e. The fourth-order valence-electron chi connectivity index (χ4n) is 2.72. The normalized spacial score (nSPS) is 12.6. The minimum Gasteiger partial charge on any atom is -0.113 e. The van der Waals surface area contributed by atoms with Gasteiger partial charge < -0.3 is 0 Å². The summed E-state index contributed by atoms with van der Waals surface area (Å²) in [6.07, 6.45) is 0. The minimum absolute atomic E-state index is 0.136. The first-order valence-electron chi connectivity index (χ1n) is 6.96. The molecule has 0 aliphatic rings. The highest BCUT2D eigenvalue weighted by Crippen LogP contribution is 2.37. The van der Waals surface area contributed by atoms with E-state index in [9.17, 15) is 0 Å². The van der Waals surface area contributed by atoms with Gasteiger partial charge in [-0.1, -0.05) is 64.5 Å². The second-order valence-electron chi connectivity index (χ2n) is 5.39. The summed E-state index contributed by atoms with van der Waals surface area (Å²) < 4.78 is 1.13. The summed E-state index contributed by atoms with van der Waals surface area (Å²) in [6.45, 7) is 4.21. The topological polar surface area (TPSA) is 0 Å². The summed E-state index contributed by atoms with van der Waals surface area (Å²) in [5.41, 5.74) is 4.76. The molecule has 0 fully saturated rings. The highest BCUT2D eigenvalue weighted by Gasteiger charge is 2.16. The molecule has 0 N–H and O–H groups in total. The van der Waals surface area contributed by atoms with E-state index in [0.29, 0.717) is 0 Å². The Bertz CT molecular complexity index is 803. The molecule has 0 spiro atoms. The fourth-order valence-corrected chi connectivity index (χ4v) is 3.60. The molecule has 106 valence electrons. The Morgan fingerprint density at radius 3 is 2.38 bits per heavy atom. The van der Waals surface area contributed by atoms with Crippen LogP contribution < -0.4 is 0 Å². The fraction of sp³-hybridized carbons (Fsp3) is 0.158. The third kappa shape index (κ3) is 2.73. The minimum atomic E-state index is -0.136. The highest BCUT2D eigenvalue weighted by atomic mass is 79.9. The lowest BCUT2D eigenvalue weighted by atomic mass is 9.94. The van der Waals surface area contributed by atoms with Crippen LogP contribution in [0.25, 0.3) is 10.8 Å². The van der Waals surface area contributed by atoms with Gasteiger partial charge in [0.25, 0.3) is 0 Å². The van der Waals surface area contributed by atoms with Crippen molar-refractivity contribution in [2.45, 2.75) is 19.2 Å². The number of alkyl halides is 1. The van der Waals surface area contributed by atoms with Gasteiger partial charge >= 0.3 is 0 Å². The molecule has 0 aliphatic carbocycles. The Hall–Kier alpha value is -1.31. The Morgan fingerprint density at radius 2 is 1.57 bits per heavy atom. The molecule has 0 amide bonds. The Labute approximate surface area is 138 Å². The number of hydrogen-bond acceptors (Lipinski definition) is 0. The largest absolute Gasteiger partial charge is 0.113 e. The number of hydrogen-bond donors (Lipinski definition) is 0. The summed E-state index contributed by atoms with van der Waals surface area (Å²) in [5, 5.41) is 2.31. The van der Waals surface area contributed by atoms with Gasteiger partial charge in [-0.05, 0) is 52.9 Å². The molecule has 3 rings (SSSR count). The molecular formula is C19H16BrCl. The lowest BCUT2D eigenvalue weighted by Crippen LogP contribution is -1.98. The van der Waals surface area contributed by atoms with Gasteiger partial charge in [0.05, 0.1) is 5.38 Å². The standard InChI is InChI=1S/C19H16BrCl/c1-12-11-18(20)13(2)10-17(12)19(21)16-9-5-7-14-6-3-4-8-15(14)16/h3-11,19H,1-2H3. The molecular weight excluding hydrogens is 344 g/mol. The van der Waals surface area contributed by atoms with Crippen molar-refractivity contribution in [3.63, 3.8) is 0 Å². The molecule has 1 unspecified atom stereocenters. The van der Waals surface area contributed by atoms with Crippen LogP contribution in [0.4, 0.5) is 0 Å². The number of benzene rings is 3. The van der Waals surface area contributed by atoms with Gasteiger partial charge in [0.2, 0.25) is 0 Å². The average Bonchev–Trinajstić information content (AvgIpc) is 2.49. The zero-order valence-electron chi connectivity index (χ0n) is 12.0. The van der Waals surface area contributed by atoms with Crippen molar-refractivity contribution < 1.29 is 0 Å². The predicted octanol–water partition coefficient (Wildman–Crippen LogP) is 6.55. The molecule has 0 radical (unpaired) electrons. The first-order chi connectivity index (χ1) is 10.1. The van der Waals surface area contributed by atoms with Gasteiger partial charge in [-0.15, -0.1) is 11.6 Å². The van der Waals surface area contributed by atoms with Crippen molar-refractivity contribution in [1.29, 1.82) is 0 Å². The van der Waals surface area contributed by atoms with Crippen molar-refractivity contribution >= 4 is 38.3 Å². The second kappa shape index (κ2) is 5.82. The number of aryl methyl sites for hydroxylation is 2. The molecule has 3 aromatic carbocycles. The van der Waals surface area contributed by atoms with Crippen molar-refractivity contribution in [1.82, 2.24) is 0 Å². The molecule has 0 heterocycles.